The number of ether oxygens (including phenoxy) is 1. The molecule has 37 heavy (non-hydrogen) atoms. The Labute approximate surface area is 215 Å². The van der Waals surface area contributed by atoms with Gasteiger partial charge in [0.25, 0.3) is 0 Å². The number of nitrogens with one attached hydrogen (secondary N) is 1. The molecule has 9 heteroatoms. The minimum Gasteiger partial charge on any atom is -0.379 e. The molecule has 1 saturated heterocycles. The smallest absolute Gasteiger partial charge is 0.323 e. The zero-order valence-electron chi connectivity index (χ0n) is 20.8. The number of halogens is 1. The Kier molecular flexibility index (Phi) is 7.43. The number of urea groups is 1. The van der Waals surface area contributed by atoms with Crippen molar-refractivity contribution in [3.8, 4) is 0 Å². The molecule has 192 valence electrons. The molecule has 0 spiro atoms. The van der Waals surface area contributed by atoms with Crippen molar-refractivity contribution in [1.29, 1.82) is 0 Å². The van der Waals surface area contributed by atoms with E-state index in [2.05, 4.69) is 15.2 Å². The topological polar surface area (TPSA) is 78.0 Å². The standard InChI is InChI=1S/C28H30FN5O3/c1-32(18-21-7-8-25(29)24-5-3-2-4-23(21)24)26(35)9-6-20-16-22-19-34(28(36)31-27(22)30-17-20)11-10-33-12-14-37-15-13-33/h2-9,16-17H,10-15,18-19H2,1H3,(H,30,31,36). The first-order valence-electron chi connectivity index (χ1n) is 12.4. The number of likely N-dealkylation sites (N-methyl/N-ethyl adjacent to an activating group) is 1. The molecule has 2 aromatic carbocycles. The van der Waals surface area contributed by atoms with Gasteiger partial charge in [0, 0.05) is 63.0 Å². The van der Waals surface area contributed by atoms with Crippen LogP contribution in [-0.2, 0) is 22.6 Å². The van der Waals surface area contributed by atoms with Crippen molar-refractivity contribution in [2.45, 2.75) is 13.1 Å². The SMILES string of the molecule is CN(Cc1ccc(F)c2ccccc12)C(=O)C=Cc1cnc2c(c1)CN(CCN1CCOCC1)C(=O)N2. The maximum absolute atomic E-state index is 14.1. The zero-order valence-corrected chi connectivity index (χ0v) is 20.8. The number of aromatic nitrogens is 1. The average Bonchev–Trinajstić information content (AvgIpc) is 2.92. The molecule has 1 N–H and O–H groups in total. The predicted octanol–water partition coefficient (Wildman–Crippen LogP) is 3.73. The number of amides is 3. The third kappa shape index (κ3) is 5.79. The van der Waals surface area contributed by atoms with Crippen LogP contribution in [0, 0.1) is 5.82 Å². The number of benzene rings is 2. The van der Waals surface area contributed by atoms with Gasteiger partial charge in [0.05, 0.1) is 19.8 Å². The summed E-state index contributed by atoms with van der Waals surface area (Å²) in [5.41, 5.74) is 2.56. The monoisotopic (exact) mass is 503 g/mol. The molecule has 0 saturated carbocycles. The second-order valence-electron chi connectivity index (χ2n) is 9.36. The Balaban J connectivity index is 1.22. The normalized spacial score (nSPS) is 16.2. The molecule has 2 aliphatic rings. The lowest BCUT2D eigenvalue weighted by Gasteiger charge is -2.32. The molecule has 0 unspecified atom stereocenters. The van der Waals surface area contributed by atoms with Gasteiger partial charge < -0.3 is 14.5 Å². The lowest BCUT2D eigenvalue weighted by atomic mass is 10.0. The van der Waals surface area contributed by atoms with Gasteiger partial charge in [-0.1, -0.05) is 30.3 Å². The first-order valence-corrected chi connectivity index (χ1v) is 12.4. The largest absolute Gasteiger partial charge is 0.379 e. The van der Waals surface area contributed by atoms with Crippen LogP contribution in [0.2, 0.25) is 0 Å². The summed E-state index contributed by atoms with van der Waals surface area (Å²) in [4.78, 5) is 35.4. The lowest BCUT2D eigenvalue weighted by molar-refractivity contribution is -0.125. The van der Waals surface area contributed by atoms with Crippen LogP contribution in [0.4, 0.5) is 15.0 Å². The number of pyridine rings is 1. The molecule has 0 atom stereocenters. The highest BCUT2D eigenvalue weighted by Crippen LogP contribution is 2.24. The molecule has 3 amide bonds. The van der Waals surface area contributed by atoms with Gasteiger partial charge in [-0.15, -0.1) is 0 Å². The number of hydrogen-bond acceptors (Lipinski definition) is 5. The van der Waals surface area contributed by atoms with Gasteiger partial charge in [-0.3, -0.25) is 15.0 Å². The summed E-state index contributed by atoms with van der Waals surface area (Å²) in [5.74, 6) is 0.104. The van der Waals surface area contributed by atoms with Crippen molar-refractivity contribution in [2.24, 2.45) is 0 Å². The van der Waals surface area contributed by atoms with Gasteiger partial charge in [-0.05, 0) is 34.7 Å². The van der Waals surface area contributed by atoms with Gasteiger partial charge in [0.1, 0.15) is 11.6 Å². The number of nitrogens with zero attached hydrogens (tertiary/aromatic N) is 4. The van der Waals surface area contributed by atoms with E-state index in [-0.39, 0.29) is 17.8 Å². The summed E-state index contributed by atoms with van der Waals surface area (Å²) in [6.07, 6.45) is 4.87. The summed E-state index contributed by atoms with van der Waals surface area (Å²) in [5, 5.41) is 4.20. The van der Waals surface area contributed by atoms with Crippen molar-refractivity contribution < 1.29 is 18.7 Å². The first-order chi connectivity index (χ1) is 18.0. The van der Waals surface area contributed by atoms with Crippen LogP contribution in [0.1, 0.15) is 16.7 Å². The average molecular weight is 504 g/mol. The number of carbonyl (C=O) groups is 2. The molecule has 5 rings (SSSR count). The second-order valence-corrected chi connectivity index (χ2v) is 9.36. The predicted molar refractivity (Wildman–Crippen MR) is 140 cm³/mol. The van der Waals surface area contributed by atoms with E-state index in [4.69, 9.17) is 4.74 Å². The summed E-state index contributed by atoms with van der Waals surface area (Å²) >= 11 is 0. The van der Waals surface area contributed by atoms with Gasteiger partial charge in [0.15, 0.2) is 0 Å². The fourth-order valence-corrected chi connectivity index (χ4v) is 4.67. The van der Waals surface area contributed by atoms with Gasteiger partial charge in [-0.25, -0.2) is 14.2 Å². The molecule has 3 aromatic rings. The van der Waals surface area contributed by atoms with Crippen LogP contribution in [0.25, 0.3) is 16.8 Å². The minimum atomic E-state index is -0.274. The molecule has 0 bridgehead atoms. The number of rotatable bonds is 7. The molecular formula is C28H30FN5O3. The maximum atomic E-state index is 14.1. The lowest BCUT2D eigenvalue weighted by Crippen LogP contribution is -2.45. The number of fused-ring (bicyclic) bond motifs is 2. The first kappa shape index (κ1) is 24.9. The summed E-state index contributed by atoms with van der Waals surface area (Å²) in [6, 6.07) is 12.2. The van der Waals surface area contributed by atoms with Crippen molar-refractivity contribution in [2.75, 3.05) is 51.8 Å². The molecule has 0 radical (unpaired) electrons. The van der Waals surface area contributed by atoms with E-state index in [1.807, 2.05) is 18.2 Å². The molecule has 2 aliphatic heterocycles. The van der Waals surface area contributed by atoms with Crippen LogP contribution in [0.15, 0.2) is 54.7 Å². The van der Waals surface area contributed by atoms with E-state index in [1.54, 1.807) is 47.3 Å². The van der Waals surface area contributed by atoms with Crippen LogP contribution < -0.4 is 5.32 Å². The summed E-state index contributed by atoms with van der Waals surface area (Å²) in [6.45, 7) is 5.44. The Morgan fingerprint density at radius 1 is 1.16 bits per heavy atom. The second kappa shape index (κ2) is 11.1. The maximum Gasteiger partial charge on any atom is 0.323 e. The third-order valence-electron chi connectivity index (χ3n) is 6.81. The number of hydrogen-bond donors (Lipinski definition) is 1. The Morgan fingerprint density at radius 2 is 1.95 bits per heavy atom. The molecule has 3 heterocycles. The molecule has 1 fully saturated rings. The van der Waals surface area contributed by atoms with Gasteiger partial charge in [0.2, 0.25) is 5.91 Å². The number of carbonyl (C=O) groups excluding carboxylic acids is 2. The Morgan fingerprint density at radius 3 is 2.76 bits per heavy atom. The van der Waals surface area contributed by atoms with Crippen molar-refractivity contribution in [3.05, 3.63) is 77.2 Å². The van der Waals surface area contributed by atoms with E-state index in [0.29, 0.717) is 30.8 Å². The van der Waals surface area contributed by atoms with Crippen LogP contribution in [0.3, 0.4) is 0 Å². The highest BCUT2D eigenvalue weighted by molar-refractivity contribution is 5.93. The van der Waals surface area contributed by atoms with Crippen LogP contribution in [-0.4, -0.2) is 78.1 Å². The minimum absolute atomic E-state index is 0.151. The number of anilines is 1. The fraction of sp³-hybridized carbons (Fsp3) is 0.321. The zero-order chi connectivity index (χ0) is 25.8. The quantitative estimate of drug-likeness (QED) is 0.498. The molecular weight excluding hydrogens is 473 g/mol. The summed E-state index contributed by atoms with van der Waals surface area (Å²) < 4.78 is 19.5. The van der Waals surface area contributed by atoms with Gasteiger partial charge >= 0.3 is 6.03 Å². The van der Waals surface area contributed by atoms with E-state index in [1.165, 1.54) is 12.1 Å². The Bertz CT molecular complexity index is 1340. The van der Waals surface area contributed by atoms with Gasteiger partial charge in [-0.2, -0.15) is 0 Å². The van der Waals surface area contributed by atoms with E-state index in [0.717, 1.165) is 54.9 Å². The molecule has 0 aliphatic carbocycles. The van der Waals surface area contributed by atoms with E-state index in [9.17, 15) is 14.0 Å². The summed E-state index contributed by atoms with van der Waals surface area (Å²) in [7, 11) is 1.72. The van der Waals surface area contributed by atoms with Crippen LogP contribution in [0.5, 0.6) is 0 Å². The highest BCUT2D eigenvalue weighted by atomic mass is 19.1. The molecule has 1 aromatic heterocycles. The van der Waals surface area contributed by atoms with Crippen LogP contribution >= 0.6 is 0 Å². The van der Waals surface area contributed by atoms with Crippen molar-refractivity contribution in [3.63, 3.8) is 0 Å². The Hall–Kier alpha value is -3.82. The number of morpholine rings is 1. The fourth-order valence-electron chi connectivity index (χ4n) is 4.67. The molecule has 8 nitrogen and oxygen atoms in total. The third-order valence-corrected chi connectivity index (χ3v) is 6.81. The van der Waals surface area contributed by atoms with Crippen molar-refractivity contribution >= 4 is 34.6 Å². The van der Waals surface area contributed by atoms with E-state index >= 15 is 0 Å². The van der Waals surface area contributed by atoms with Crippen molar-refractivity contribution in [1.82, 2.24) is 19.7 Å². The van der Waals surface area contributed by atoms with E-state index < -0.39 is 0 Å². The highest BCUT2D eigenvalue weighted by Gasteiger charge is 2.24.